The number of halogens is 1. The van der Waals surface area contributed by atoms with E-state index in [1.165, 1.54) is 11.8 Å². The number of thioether (sulfide) groups is 1. The smallest absolute Gasteiger partial charge is 0.315 e. The number of hydrogen-bond acceptors (Lipinski definition) is 5. The van der Waals surface area contributed by atoms with Gasteiger partial charge < -0.3 is 14.2 Å². The van der Waals surface area contributed by atoms with Crippen molar-refractivity contribution in [3.05, 3.63) is 34.9 Å². The van der Waals surface area contributed by atoms with Crippen LogP contribution in [-0.4, -0.2) is 37.3 Å². The number of carbonyl (C=O) groups excluding carboxylic acids is 1. The molecule has 0 aromatic heterocycles. The van der Waals surface area contributed by atoms with E-state index >= 15 is 0 Å². The molecule has 1 aromatic carbocycles. The monoisotopic (exact) mass is 358 g/mol. The molecule has 0 aliphatic carbocycles. The number of esters is 1. The zero-order valence-corrected chi connectivity index (χ0v) is 15.3. The molecule has 23 heavy (non-hydrogen) atoms. The van der Waals surface area contributed by atoms with E-state index in [9.17, 15) is 4.79 Å². The fourth-order valence-electron chi connectivity index (χ4n) is 2.22. The number of benzene rings is 1. The van der Waals surface area contributed by atoms with E-state index in [0.717, 1.165) is 5.56 Å². The topological polar surface area (TPSA) is 44.8 Å². The zero-order valence-electron chi connectivity index (χ0n) is 13.8. The van der Waals surface area contributed by atoms with Crippen LogP contribution in [0.15, 0.2) is 24.3 Å². The summed E-state index contributed by atoms with van der Waals surface area (Å²) in [5.41, 5.74) is 0.885. The maximum atomic E-state index is 11.5. The van der Waals surface area contributed by atoms with Gasteiger partial charge in [0.1, 0.15) is 0 Å². The summed E-state index contributed by atoms with van der Waals surface area (Å²) < 4.78 is 17.2. The van der Waals surface area contributed by atoms with E-state index in [-0.39, 0.29) is 17.1 Å². The summed E-state index contributed by atoms with van der Waals surface area (Å²) in [5.74, 6) is -0.278. The summed E-state index contributed by atoms with van der Waals surface area (Å²) in [7, 11) is 0. The quantitative estimate of drug-likeness (QED) is 0.722. The highest BCUT2D eigenvalue weighted by Crippen LogP contribution is 2.39. The Hall–Kier alpha value is -0.750. The van der Waals surface area contributed by atoms with Gasteiger partial charge in [-0.2, -0.15) is 0 Å². The molecule has 0 N–H and O–H groups in total. The minimum Gasteiger partial charge on any atom is -0.465 e. The maximum absolute atomic E-state index is 11.5. The molecule has 1 saturated heterocycles. The average Bonchev–Trinajstić information content (AvgIpc) is 2.50. The summed E-state index contributed by atoms with van der Waals surface area (Å²) in [4.78, 5) is 11.5. The molecule has 0 amide bonds. The molecule has 0 unspecified atom stereocenters. The van der Waals surface area contributed by atoms with Crippen LogP contribution in [0.3, 0.4) is 0 Å². The Morgan fingerprint density at radius 1 is 1.26 bits per heavy atom. The van der Waals surface area contributed by atoms with Crippen molar-refractivity contribution in [2.24, 2.45) is 5.41 Å². The van der Waals surface area contributed by atoms with Crippen LogP contribution in [0.5, 0.6) is 0 Å². The number of ether oxygens (including phenoxy) is 3. The molecule has 4 nitrogen and oxygen atoms in total. The summed E-state index contributed by atoms with van der Waals surface area (Å²) in [6.45, 7) is 7.58. The van der Waals surface area contributed by atoms with Crippen LogP contribution >= 0.6 is 23.4 Å². The lowest BCUT2D eigenvalue weighted by Crippen LogP contribution is -2.47. The first-order chi connectivity index (χ1) is 10.9. The predicted molar refractivity (Wildman–Crippen MR) is 92.8 cm³/mol. The molecular weight excluding hydrogens is 336 g/mol. The van der Waals surface area contributed by atoms with E-state index in [2.05, 4.69) is 13.8 Å². The molecule has 0 radical (unpaired) electrons. The van der Waals surface area contributed by atoms with Crippen LogP contribution < -0.4 is 0 Å². The molecule has 1 aliphatic heterocycles. The molecule has 0 bridgehead atoms. The first kappa shape index (κ1) is 18.6. The van der Waals surface area contributed by atoms with Gasteiger partial charge in [0.05, 0.1) is 31.3 Å². The molecule has 0 saturated carbocycles. The molecule has 0 spiro atoms. The SMILES string of the molecule is CCOC(=O)CSCC1(c2ccc(Cl)cc2)OCC(C)(C)CO1. The lowest BCUT2D eigenvalue weighted by Gasteiger charge is -2.43. The number of rotatable bonds is 6. The molecule has 6 heteroatoms. The highest BCUT2D eigenvalue weighted by Gasteiger charge is 2.42. The van der Waals surface area contributed by atoms with E-state index < -0.39 is 5.79 Å². The lowest BCUT2D eigenvalue weighted by atomic mass is 9.93. The van der Waals surface area contributed by atoms with Crippen LogP contribution in [0.1, 0.15) is 26.3 Å². The van der Waals surface area contributed by atoms with E-state index in [1.807, 2.05) is 24.3 Å². The van der Waals surface area contributed by atoms with Gasteiger partial charge in [0.2, 0.25) is 5.79 Å². The Labute approximate surface area is 146 Å². The molecule has 0 atom stereocenters. The zero-order chi connectivity index (χ0) is 16.9. The van der Waals surface area contributed by atoms with Crippen molar-refractivity contribution < 1.29 is 19.0 Å². The van der Waals surface area contributed by atoms with Crippen molar-refractivity contribution in [2.45, 2.75) is 26.6 Å². The maximum Gasteiger partial charge on any atom is 0.315 e. The third kappa shape index (κ3) is 5.11. The molecule has 2 rings (SSSR count). The fraction of sp³-hybridized carbons (Fsp3) is 0.588. The third-order valence-electron chi connectivity index (χ3n) is 3.49. The van der Waals surface area contributed by atoms with Crippen molar-refractivity contribution in [1.82, 2.24) is 0 Å². The van der Waals surface area contributed by atoms with Gasteiger partial charge >= 0.3 is 5.97 Å². The summed E-state index contributed by atoms with van der Waals surface area (Å²) in [5, 5.41) is 0.666. The second-order valence-corrected chi connectivity index (χ2v) is 7.72. The molecule has 1 heterocycles. The molecular formula is C17H23ClO4S. The fourth-order valence-corrected chi connectivity index (χ4v) is 3.30. The minimum atomic E-state index is -0.850. The van der Waals surface area contributed by atoms with Gasteiger partial charge in [-0.05, 0) is 19.1 Å². The van der Waals surface area contributed by atoms with E-state index in [4.69, 9.17) is 25.8 Å². The van der Waals surface area contributed by atoms with Gasteiger partial charge in [0.15, 0.2) is 0 Å². The molecule has 1 fully saturated rings. The molecule has 1 aromatic rings. The van der Waals surface area contributed by atoms with Crippen molar-refractivity contribution in [3.8, 4) is 0 Å². The first-order valence-corrected chi connectivity index (χ1v) is 9.17. The Bertz CT molecular complexity index is 520. The largest absolute Gasteiger partial charge is 0.465 e. The van der Waals surface area contributed by atoms with Gasteiger partial charge in [0, 0.05) is 16.0 Å². The van der Waals surface area contributed by atoms with Gasteiger partial charge in [0.25, 0.3) is 0 Å². The standard InChI is InChI=1S/C17H23ClO4S/c1-4-20-15(19)9-23-12-17(13-5-7-14(18)8-6-13)21-10-16(2,3)11-22-17/h5-8H,4,9-12H2,1-3H3. The third-order valence-corrected chi connectivity index (χ3v) is 4.77. The van der Waals surface area contributed by atoms with Crippen molar-refractivity contribution in [2.75, 3.05) is 31.3 Å². The minimum absolute atomic E-state index is 0.0261. The van der Waals surface area contributed by atoms with Crippen molar-refractivity contribution in [3.63, 3.8) is 0 Å². The molecule has 1 aliphatic rings. The van der Waals surface area contributed by atoms with Crippen LogP contribution in [-0.2, 0) is 24.8 Å². The Morgan fingerprint density at radius 3 is 2.43 bits per heavy atom. The molecule has 128 valence electrons. The summed E-state index contributed by atoms with van der Waals surface area (Å²) >= 11 is 7.42. The van der Waals surface area contributed by atoms with E-state index in [1.54, 1.807) is 6.92 Å². The van der Waals surface area contributed by atoms with Crippen molar-refractivity contribution >= 4 is 29.3 Å². The van der Waals surface area contributed by atoms with Gasteiger partial charge in [-0.25, -0.2) is 0 Å². The van der Waals surface area contributed by atoms with Gasteiger partial charge in [-0.3, -0.25) is 4.79 Å². The normalized spacial score (nSPS) is 19.3. The lowest BCUT2D eigenvalue weighted by molar-refractivity contribution is -0.295. The Morgan fingerprint density at radius 2 is 1.87 bits per heavy atom. The summed E-state index contributed by atoms with van der Waals surface area (Å²) in [6, 6.07) is 7.46. The van der Waals surface area contributed by atoms with Gasteiger partial charge in [-0.1, -0.05) is 37.6 Å². The van der Waals surface area contributed by atoms with Crippen molar-refractivity contribution in [1.29, 1.82) is 0 Å². The highest BCUT2D eigenvalue weighted by molar-refractivity contribution is 7.99. The Balaban J connectivity index is 2.09. The second kappa shape index (κ2) is 7.88. The van der Waals surface area contributed by atoms with Crippen LogP contribution in [0.25, 0.3) is 0 Å². The Kier molecular flexibility index (Phi) is 6.37. The van der Waals surface area contributed by atoms with Crippen LogP contribution in [0.4, 0.5) is 0 Å². The number of carbonyl (C=O) groups is 1. The van der Waals surface area contributed by atoms with Crippen LogP contribution in [0.2, 0.25) is 5.02 Å². The predicted octanol–water partition coefficient (Wildman–Crippen LogP) is 3.86. The summed E-state index contributed by atoms with van der Waals surface area (Å²) in [6.07, 6.45) is 0. The number of hydrogen-bond donors (Lipinski definition) is 0. The van der Waals surface area contributed by atoms with Gasteiger partial charge in [-0.15, -0.1) is 11.8 Å². The second-order valence-electron chi connectivity index (χ2n) is 6.30. The van der Waals surface area contributed by atoms with E-state index in [0.29, 0.717) is 30.6 Å². The first-order valence-electron chi connectivity index (χ1n) is 7.64. The van der Waals surface area contributed by atoms with Crippen LogP contribution in [0, 0.1) is 5.41 Å². The highest BCUT2D eigenvalue weighted by atomic mass is 35.5. The average molecular weight is 359 g/mol.